The first-order valence-electron chi connectivity index (χ1n) is 6.14. The fraction of sp³-hybridized carbons (Fsp3) is 0.909. The number of carbonyl (C=O) groups excluding carboxylic acids is 1. The Labute approximate surface area is 104 Å². The maximum absolute atomic E-state index is 12.0. The summed E-state index contributed by atoms with van der Waals surface area (Å²) in [5.74, 6) is 0. The monoisotopic (exact) mass is 268 g/mol. The number of carbonyl (C=O) groups is 1. The Hall–Kier alpha value is -0.980. The van der Waals surface area contributed by atoms with Gasteiger partial charge >= 0.3 is 12.2 Å². The van der Waals surface area contributed by atoms with Crippen LogP contribution in [0.4, 0.5) is 18.0 Å². The average molecular weight is 268 g/mol. The number of nitrogens with zero attached hydrogens (tertiary/aromatic N) is 1. The van der Waals surface area contributed by atoms with Crippen molar-refractivity contribution in [3.05, 3.63) is 0 Å². The van der Waals surface area contributed by atoms with Gasteiger partial charge in [0.15, 0.2) is 0 Å². The second-order valence-electron chi connectivity index (χ2n) is 4.51. The number of nitrogens with one attached hydrogen (secondary N) is 1. The molecule has 0 unspecified atom stereocenters. The lowest BCUT2D eigenvalue weighted by atomic mass is 9.96. The topological polar surface area (TPSA) is 52.6 Å². The molecule has 1 fully saturated rings. The fourth-order valence-electron chi connectivity index (χ4n) is 2.16. The molecule has 0 aromatic heterocycles. The summed E-state index contributed by atoms with van der Waals surface area (Å²) in [4.78, 5) is 13.0. The van der Waals surface area contributed by atoms with E-state index in [0.29, 0.717) is 19.4 Å². The van der Waals surface area contributed by atoms with E-state index in [-0.39, 0.29) is 6.04 Å². The Morgan fingerprint density at radius 3 is 2.72 bits per heavy atom. The van der Waals surface area contributed by atoms with E-state index in [2.05, 4.69) is 0 Å². The number of amides is 2. The molecule has 0 bridgehead atoms. The van der Waals surface area contributed by atoms with Crippen LogP contribution in [-0.2, 0) is 0 Å². The lowest BCUT2D eigenvalue weighted by Gasteiger charge is -2.38. The van der Waals surface area contributed by atoms with Crippen LogP contribution < -0.4 is 5.32 Å². The van der Waals surface area contributed by atoms with Crippen LogP contribution in [0.5, 0.6) is 0 Å². The molecule has 1 heterocycles. The van der Waals surface area contributed by atoms with Gasteiger partial charge in [-0.15, -0.1) is 0 Å². The van der Waals surface area contributed by atoms with Gasteiger partial charge in [0.2, 0.25) is 0 Å². The lowest BCUT2D eigenvalue weighted by molar-refractivity contribution is -0.123. The zero-order valence-electron chi connectivity index (χ0n) is 10.3. The number of halogens is 3. The highest BCUT2D eigenvalue weighted by molar-refractivity contribution is 5.74. The molecule has 0 spiro atoms. The van der Waals surface area contributed by atoms with Crippen LogP contribution in [0.15, 0.2) is 0 Å². The summed E-state index contributed by atoms with van der Waals surface area (Å²) in [5.41, 5.74) is 0. The molecule has 0 aromatic rings. The summed E-state index contributed by atoms with van der Waals surface area (Å²) in [7, 11) is 0. The zero-order chi connectivity index (χ0) is 13.8. The van der Waals surface area contributed by atoms with Crippen LogP contribution in [0.1, 0.15) is 32.6 Å². The molecule has 18 heavy (non-hydrogen) atoms. The van der Waals surface area contributed by atoms with Crippen LogP contribution in [0.3, 0.4) is 0 Å². The zero-order valence-corrected chi connectivity index (χ0v) is 10.3. The molecule has 0 radical (unpaired) electrons. The maximum Gasteiger partial charge on any atom is 0.405 e. The molecule has 1 aliphatic rings. The van der Waals surface area contributed by atoms with Crippen LogP contribution in [0.25, 0.3) is 0 Å². The number of urea groups is 1. The van der Waals surface area contributed by atoms with E-state index in [1.54, 1.807) is 6.92 Å². The summed E-state index contributed by atoms with van der Waals surface area (Å²) in [6.45, 7) is 0.841. The number of hydrogen-bond donors (Lipinski definition) is 2. The normalized spacial score (nSPS) is 22.7. The molecule has 2 N–H and O–H groups in total. The third-order valence-corrected chi connectivity index (χ3v) is 3.11. The second-order valence-corrected chi connectivity index (χ2v) is 4.51. The highest BCUT2D eigenvalue weighted by atomic mass is 19.4. The maximum atomic E-state index is 12.0. The van der Waals surface area contributed by atoms with Crippen molar-refractivity contribution in [1.82, 2.24) is 10.2 Å². The van der Waals surface area contributed by atoms with Gasteiger partial charge < -0.3 is 15.3 Å². The summed E-state index contributed by atoms with van der Waals surface area (Å²) in [5, 5.41) is 11.6. The van der Waals surface area contributed by atoms with Gasteiger partial charge in [0.25, 0.3) is 0 Å². The number of piperidine rings is 1. The minimum Gasteiger partial charge on any atom is -0.391 e. The van der Waals surface area contributed by atoms with Crippen LogP contribution in [0, 0.1) is 0 Å². The van der Waals surface area contributed by atoms with Crippen molar-refractivity contribution < 1.29 is 23.1 Å². The second kappa shape index (κ2) is 6.26. The summed E-state index contributed by atoms with van der Waals surface area (Å²) in [6, 6.07) is -1.12. The molecule has 106 valence electrons. The van der Waals surface area contributed by atoms with E-state index in [1.807, 2.05) is 5.32 Å². The predicted octanol–water partition coefficient (Wildman–Crippen LogP) is 1.88. The van der Waals surface area contributed by atoms with Crippen molar-refractivity contribution in [2.24, 2.45) is 0 Å². The Morgan fingerprint density at radius 1 is 1.50 bits per heavy atom. The number of aliphatic hydroxyl groups is 1. The van der Waals surface area contributed by atoms with Crippen molar-refractivity contribution in [3.63, 3.8) is 0 Å². The van der Waals surface area contributed by atoms with E-state index < -0.39 is 24.9 Å². The molecule has 0 saturated carbocycles. The Kier molecular flexibility index (Phi) is 5.25. The molecule has 1 aliphatic heterocycles. The predicted molar refractivity (Wildman–Crippen MR) is 60.1 cm³/mol. The quantitative estimate of drug-likeness (QED) is 0.821. The number of hydrogen-bond acceptors (Lipinski definition) is 2. The number of aliphatic hydroxyl groups excluding tert-OH is 1. The number of likely N-dealkylation sites (tertiary alicyclic amines) is 1. The summed E-state index contributed by atoms with van der Waals surface area (Å²) in [6.07, 6.45) is -2.34. The van der Waals surface area contributed by atoms with E-state index in [0.717, 1.165) is 12.8 Å². The Morgan fingerprint density at radius 2 is 2.17 bits per heavy atom. The fourth-order valence-corrected chi connectivity index (χ4v) is 2.16. The molecule has 0 aromatic carbocycles. The molecule has 4 nitrogen and oxygen atoms in total. The van der Waals surface area contributed by atoms with Crippen molar-refractivity contribution >= 4 is 6.03 Å². The van der Waals surface area contributed by atoms with Crippen LogP contribution >= 0.6 is 0 Å². The first-order chi connectivity index (χ1) is 8.35. The summed E-state index contributed by atoms with van der Waals surface area (Å²) >= 11 is 0. The minimum absolute atomic E-state index is 0.378. The van der Waals surface area contributed by atoms with Gasteiger partial charge in [-0.05, 0) is 25.7 Å². The largest absolute Gasteiger partial charge is 0.405 e. The van der Waals surface area contributed by atoms with E-state index in [4.69, 9.17) is 0 Å². The van der Waals surface area contributed by atoms with Crippen LogP contribution in [-0.4, -0.2) is 47.4 Å². The smallest absolute Gasteiger partial charge is 0.391 e. The van der Waals surface area contributed by atoms with Crippen molar-refractivity contribution in [1.29, 1.82) is 0 Å². The van der Waals surface area contributed by atoms with Gasteiger partial charge in [0.05, 0.1) is 12.1 Å². The van der Waals surface area contributed by atoms with E-state index in [1.165, 1.54) is 4.90 Å². The highest BCUT2D eigenvalue weighted by Crippen LogP contribution is 2.21. The first-order valence-corrected chi connectivity index (χ1v) is 6.14. The first kappa shape index (κ1) is 15.1. The van der Waals surface area contributed by atoms with Crippen LogP contribution in [0.2, 0.25) is 0 Å². The van der Waals surface area contributed by atoms with Crippen molar-refractivity contribution in [2.75, 3.05) is 13.1 Å². The van der Waals surface area contributed by atoms with Gasteiger partial charge in [-0.3, -0.25) is 0 Å². The number of rotatable bonds is 3. The highest BCUT2D eigenvalue weighted by Gasteiger charge is 2.33. The average Bonchev–Trinajstić information content (AvgIpc) is 2.34. The Bertz CT molecular complexity index is 284. The van der Waals surface area contributed by atoms with Gasteiger partial charge in [-0.25, -0.2) is 4.79 Å². The van der Waals surface area contributed by atoms with Gasteiger partial charge in [0.1, 0.15) is 6.54 Å². The molecule has 2 amide bonds. The van der Waals surface area contributed by atoms with Crippen molar-refractivity contribution in [3.8, 4) is 0 Å². The standard InChI is InChI=1S/C11H19F3N2O2/c1-2-9(17)8-5-3-4-6-16(8)10(18)15-7-11(12,13)14/h8-9,17H,2-7H2,1H3,(H,15,18)/t8-,9+/m0/s1. The SMILES string of the molecule is CC[C@@H](O)[C@@H]1CCCCN1C(=O)NCC(F)(F)F. The molecular weight excluding hydrogens is 249 g/mol. The molecule has 2 atom stereocenters. The molecule has 1 rings (SSSR count). The van der Waals surface area contributed by atoms with Gasteiger partial charge in [0, 0.05) is 6.54 Å². The van der Waals surface area contributed by atoms with Gasteiger partial charge in [-0.2, -0.15) is 13.2 Å². The van der Waals surface area contributed by atoms with E-state index in [9.17, 15) is 23.1 Å². The number of alkyl halides is 3. The lowest BCUT2D eigenvalue weighted by Crippen LogP contribution is -2.54. The molecule has 0 aliphatic carbocycles. The third-order valence-electron chi connectivity index (χ3n) is 3.11. The molecular formula is C11H19F3N2O2. The third kappa shape index (κ3) is 4.36. The van der Waals surface area contributed by atoms with E-state index >= 15 is 0 Å². The molecule has 7 heteroatoms. The van der Waals surface area contributed by atoms with Gasteiger partial charge in [-0.1, -0.05) is 6.92 Å². The Balaban J connectivity index is 2.57. The van der Waals surface area contributed by atoms with Crippen molar-refractivity contribution in [2.45, 2.75) is 50.9 Å². The minimum atomic E-state index is -4.41. The molecule has 1 saturated heterocycles. The summed E-state index contributed by atoms with van der Waals surface area (Å²) < 4.78 is 36.1.